The number of aliphatic hydroxyl groups excluding tert-OH is 1. The number of halogens is 1. The van der Waals surface area contributed by atoms with E-state index in [2.05, 4.69) is 0 Å². The van der Waals surface area contributed by atoms with Gasteiger partial charge in [-0.05, 0) is 31.0 Å². The van der Waals surface area contributed by atoms with Gasteiger partial charge in [-0.2, -0.15) is 0 Å². The third-order valence-corrected chi connectivity index (χ3v) is 3.81. The van der Waals surface area contributed by atoms with Gasteiger partial charge < -0.3 is 14.6 Å². The van der Waals surface area contributed by atoms with Crippen LogP contribution in [0.15, 0.2) is 12.1 Å². The number of rotatable bonds is 4. The Morgan fingerprint density at radius 3 is 2.65 bits per heavy atom. The normalized spacial score (nSPS) is 17.6. The van der Waals surface area contributed by atoms with E-state index in [1.165, 1.54) is 0 Å². The average molecular weight is 257 g/mol. The van der Waals surface area contributed by atoms with Gasteiger partial charge in [-0.3, -0.25) is 0 Å². The summed E-state index contributed by atoms with van der Waals surface area (Å²) in [7, 11) is 1.65. The number of hydrogen-bond donors (Lipinski definition) is 1. The van der Waals surface area contributed by atoms with Crippen molar-refractivity contribution in [3.8, 4) is 5.75 Å². The Morgan fingerprint density at radius 1 is 1.47 bits per heavy atom. The van der Waals surface area contributed by atoms with Crippen LogP contribution in [-0.2, 0) is 10.2 Å². The highest BCUT2D eigenvalue weighted by Gasteiger charge is 2.42. The highest BCUT2D eigenvalue weighted by Crippen LogP contribution is 2.42. The average Bonchev–Trinajstić information content (AvgIpc) is 2.27. The quantitative estimate of drug-likeness (QED) is 0.899. The van der Waals surface area contributed by atoms with Crippen LogP contribution >= 0.6 is 11.6 Å². The molecule has 1 fully saturated rings. The molecule has 0 spiro atoms. The molecule has 1 heterocycles. The van der Waals surface area contributed by atoms with Gasteiger partial charge >= 0.3 is 0 Å². The number of aliphatic hydroxyl groups is 1. The van der Waals surface area contributed by atoms with Gasteiger partial charge in [-0.1, -0.05) is 11.6 Å². The number of ether oxygens (including phenoxy) is 2. The molecule has 0 atom stereocenters. The Morgan fingerprint density at radius 2 is 2.18 bits per heavy atom. The van der Waals surface area contributed by atoms with Gasteiger partial charge in [0, 0.05) is 22.6 Å². The van der Waals surface area contributed by atoms with E-state index in [-0.39, 0.29) is 12.0 Å². The predicted molar refractivity (Wildman–Crippen MR) is 66.9 cm³/mol. The van der Waals surface area contributed by atoms with Gasteiger partial charge in [0.1, 0.15) is 5.75 Å². The lowest BCUT2D eigenvalue weighted by atomic mass is 9.75. The largest absolute Gasteiger partial charge is 0.496 e. The molecule has 0 unspecified atom stereocenters. The van der Waals surface area contributed by atoms with Crippen LogP contribution in [0.5, 0.6) is 5.75 Å². The molecule has 17 heavy (non-hydrogen) atoms. The first-order valence-corrected chi connectivity index (χ1v) is 6.04. The molecule has 1 N–H and O–H groups in total. The van der Waals surface area contributed by atoms with Crippen molar-refractivity contribution in [2.45, 2.75) is 18.8 Å². The van der Waals surface area contributed by atoms with Crippen molar-refractivity contribution in [2.75, 3.05) is 26.9 Å². The summed E-state index contributed by atoms with van der Waals surface area (Å²) in [5.74, 6) is 0.823. The van der Waals surface area contributed by atoms with Crippen molar-refractivity contribution in [3.63, 3.8) is 0 Å². The molecular weight excluding hydrogens is 240 g/mol. The third kappa shape index (κ3) is 2.15. The third-order valence-electron chi connectivity index (χ3n) is 3.40. The Labute approximate surface area is 106 Å². The van der Waals surface area contributed by atoms with Crippen LogP contribution in [-0.4, -0.2) is 32.0 Å². The minimum Gasteiger partial charge on any atom is -0.496 e. The first-order valence-electron chi connectivity index (χ1n) is 5.66. The van der Waals surface area contributed by atoms with Crippen molar-refractivity contribution in [2.24, 2.45) is 0 Å². The molecule has 1 aromatic rings. The van der Waals surface area contributed by atoms with Crippen molar-refractivity contribution in [1.82, 2.24) is 0 Å². The first kappa shape index (κ1) is 12.7. The maximum absolute atomic E-state index is 9.19. The maximum Gasteiger partial charge on any atom is 0.123 e. The van der Waals surface area contributed by atoms with Crippen LogP contribution in [0.25, 0.3) is 0 Å². The predicted octanol–water partition coefficient (Wildman–Crippen LogP) is 2.31. The van der Waals surface area contributed by atoms with Crippen LogP contribution < -0.4 is 4.74 Å². The summed E-state index contributed by atoms with van der Waals surface area (Å²) >= 11 is 6.17. The molecule has 1 aliphatic rings. The summed E-state index contributed by atoms with van der Waals surface area (Å²) in [6, 6.07) is 3.88. The molecule has 4 heteroatoms. The summed E-state index contributed by atoms with van der Waals surface area (Å²) in [4.78, 5) is 0. The summed E-state index contributed by atoms with van der Waals surface area (Å²) in [6.07, 6.45) is 0.669. The minimum absolute atomic E-state index is 0.137. The number of aryl methyl sites for hydroxylation is 1. The summed E-state index contributed by atoms with van der Waals surface area (Å²) in [5.41, 5.74) is 1.89. The van der Waals surface area contributed by atoms with E-state index >= 15 is 0 Å². The fourth-order valence-corrected chi connectivity index (χ4v) is 2.40. The Bertz CT molecular complexity index is 413. The zero-order chi connectivity index (χ0) is 12.5. The summed E-state index contributed by atoms with van der Waals surface area (Å²) in [6.45, 7) is 3.31. The fourth-order valence-electron chi connectivity index (χ4n) is 2.24. The van der Waals surface area contributed by atoms with Gasteiger partial charge in [0.15, 0.2) is 0 Å². The van der Waals surface area contributed by atoms with E-state index in [4.69, 9.17) is 21.1 Å². The van der Waals surface area contributed by atoms with E-state index in [0.717, 1.165) is 21.9 Å². The maximum atomic E-state index is 9.19. The second kappa shape index (κ2) is 4.84. The smallest absolute Gasteiger partial charge is 0.123 e. The lowest BCUT2D eigenvalue weighted by molar-refractivity contribution is -0.0709. The molecule has 1 aliphatic heterocycles. The van der Waals surface area contributed by atoms with E-state index in [1.54, 1.807) is 7.11 Å². The molecule has 0 radical (unpaired) electrons. The van der Waals surface area contributed by atoms with Gasteiger partial charge in [-0.15, -0.1) is 0 Å². The van der Waals surface area contributed by atoms with Crippen LogP contribution in [0, 0.1) is 6.92 Å². The number of methoxy groups -OCH3 is 1. The SMILES string of the molecule is COc1cc(C)c(Cl)cc1C1(CCO)COC1. The topological polar surface area (TPSA) is 38.7 Å². The van der Waals surface area contributed by atoms with E-state index in [9.17, 15) is 5.11 Å². The Hall–Kier alpha value is -0.770. The molecular formula is C13H17ClO3. The summed E-state index contributed by atoms with van der Waals surface area (Å²) < 4.78 is 10.7. The van der Waals surface area contributed by atoms with Crippen LogP contribution in [0.4, 0.5) is 0 Å². The molecule has 2 rings (SSSR count). The van der Waals surface area contributed by atoms with Crippen LogP contribution in [0.1, 0.15) is 17.5 Å². The molecule has 0 bridgehead atoms. The van der Waals surface area contributed by atoms with E-state index in [1.807, 2.05) is 19.1 Å². The lowest BCUT2D eigenvalue weighted by Gasteiger charge is -2.42. The van der Waals surface area contributed by atoms with Crippen molar-refractivity contribution < 1.29 is 14.6 Å². The molecule has 0 amide bonds. The molecule has 0 aromatic heterocycles. The van der Waals surface area contributed by atoms with Gasteiger partial charge in [0.05, 0.1) is 20.3 Å². The molecule has 1 aromatic carbocycles. The van der Waals surface area contributed by atoms with E-state index < -0.39 is 0 Å². The highest BCUT2D eigenvalue weighted by atomic mass is 35.5. The number of hydrogen-bond acceptors (Lipinski definition) is 3. The van der Waals surface area contributed by atoms with Gasteiger partial charge in [-0.25, -0.2) is 0 Å². The lowest BCUT2D eigenvalue weighted by Crippen LogP contribution is -2.47. The van der Waals surface area contributed by atoms with Crippen molar-refractivity contribution in [3.05, 3.63) is 28.3 Å². The second-order valence-electron chi connectivity index (χ2n) is 4.55. The molecule has 3 nitrogen and oxygen atoms in total. The molecule has 0 aliphatic carbocycles. The zero-order valence-corrected chi connectivity index (χ0v) is 10.9. The highest BCUT2D eigenvalue weighted by molar-refractivity contribution is 6.31. The molecule has 94 valence electrons. The molecule has 0 saturated carbocycles. The standard InChI is InChI=1S/C13H17ClO3/c1-9-5-12(16-2)10(6-11(9)14)13(3-4-15)7-17-8-13/h5-6,15H,3-4,7-8H2,1-2H3. The van der Waals surface area contributed by atoms with Gasteiger partial charge in [0.25, 0.3) is 0 Å². The fraction of sp³-hybridized carbons (Fsp3) is 0.538. The van der Waals surface area contributed by atoms with Crippen molar-refractivity contribution >= 4 is 11.6 Å². The van der Waals surface area contributed by atoms with Gasteiger partial charge in [0.2, 0.25) is 0 Å². The van der Waals surface area contributed by atoms with Crippen LogP contribution in [0.2, 0.25) is 5.02 Å². The molecule has 1 saturated heterocycles. The monoisotopic (exact) mass is 256 g/mol. The summed E-state index contributed by atoms with van der Waals surface area (Å²) in [5, 5.41) is 9.91. The zero-order valence-electron chi connectivity index (χ0n) is 10.1. The second-order valence-corrected chi connectivity index (χ2v) is 4.96. The Balaban J connectivity index is 2.45. The minimum atomic E-state index is -0.141. The first-order chi connectivity index (χ1) is 8.13. The Kier molecular flexibility index (Phi) is 3.61. The van der Waals surface area contributed by atoms with Crippen LogP contribution in [0.3, 0.4) is 0 Å². The number of benzene rings is 1. The van der Waals surface area contributed by atoms with Crippen molar-refractivity contribution in [1.29, 1.82) is 0 Å². The van der Waals surface area contributed by atoms with E-state index in [0.29, 0.717) is 19.6 Å².